The summed E-state index contributed by atoms with van der Waals surface area (Å²) in [6.07, 6.45) is 7.21. The summed E-state index contributed by atoms with van der Waals surface area (Å²) in [6.45, 7) is 4.93. The quantitative estimate of drug-likeness (QED) is 0.429. The number of nitrogens with zero attached hydrogens (tertiary/aromatic N) is 1. The van der Waals surface area contributed by atoms with E-state index in [2.05, 4.69) is 23.6 Å². The normalized spacial score (nSPS) is 17.6. The van der Waals surface area contributed by atoms with Crippen molar-refractivity contribution in [1.82, 2.24) is 9.62 Å². The molecule has 4 N–H and O–H groups in total. The minimum Gasteiger partial charge on any atom is -0.290 e. The zero-order chi connectivity index (χ0) is 17.5. The maximum atomic E-state index is 12.9. The molecule has 1 aliphatic heterocycles. The van der Waals surface area contributed by atoms with E-state index in [4.69, 9.17) is 5.73 Å². The van der Waals surface area contributed by atoms with E-state index in [1.54, 1.807) is 4.90 Å². The van der Waals surface area contributed by atoms with E-state index in [0.717, 1.165) is 44.8 Å². The first-order valence-electron chi connectivity index (χ1n) is 8.43. The number of nitrogens with one attached hydrogen (secondary N) is 2. The lowest BCUT2D eigenvalue weighted by Crippen LogP contribution is -2.87. The van der Waals surface area contributed by atoms with Gasteiger partial charge in [-0.25, -0.2) is 13.1 Å². The van der Waals surface area contributed by atoms with E-state index in [1.807, 2.05) is 0 Å². The zero-order valence-electron chi connectivity index (χ0n) is 14.5. The fourth-order valence-electron chi connectivity index (χ4n) is 2.87. The topological polar surface area (TPSA) is 106 Å². The molecule has 0 atom stereocenters. The van der Waals surface area contributed by atoms with E-state index in [0.29, 0.717) is 25.5 Å². The zero-order valence-corrected chi connectivity index (χ0v) is 15.3. The largest absolute Gasteiger partial charge is 0.351 e. The standard InChI is InChI=1S/C15H30N4O3S/c1-4-6-9-15(10-7-5-2)13(20)19(14(16)18-15)12-8-11-17-23(3,21)22/h17H,4-12H2,1-3H3,(H2,16,18)/p+1. The first-order valence-corrected chi connectivity index (χ1v) is 10.3. The van der Waals surface area contributed by atoms with Gasteiger partial charge >= 0.3 is 11.9 Å². The first kappa shape index (κ1) is 19.9. The lowest BCUT2D eigenvalue weighted by molar-refractivity contribution is -0.533. The van der Waals surface area contributed by atoms with E-state index in [1.165, 1.54) is 0 Å². The summed E-state index contributed by atoms with van der Waals surface area (Å²) in [4.78, 5) is 17.7. The van der Waals surface area contributed by atoms with Crippen LogP contribution in [0.5, 0.6) is 0 Å². The van der Waals surface area contributed by atoms with Crippen LogP contribution in [0.3, 0.4) is 0 Å². The number of hydrogen-bond donors (Lipinski definition) is 3. The van der Waals surface area contributed by atoms with E-state index < -0.39 is 15.6 Å². The molecule has 0 saturated carbocycles. The molecule has 1 amide bonds. The third-order valence-corrected chi connectivity index (χ3v) is 4.88. The summed E-state index contributed by atoms with van der Waals surface area (Å²) in [7, 11) is -3.20. The third-order valence-electron chi connectivity index (χ3n) is 4.15. The average Bonchev–Trinajstić information content (AvgIpc) is 2.70. The number of carbonyl (C=O) groups excluding carboxylic acids is 1. The molecule has 0 aliphatic carbocycles. The molecule has 1 heterocycles. The number of hydrogen-bond acceptors (Lipinski definition) is 4. The lowest BCUT2D eigenvalue weighted by atomic mass is 9.87. The van der Waals surface area contributed by atoms with Crippen LogP contribution in [-0.4, -0.2) is 50.1 Å². The highest BCUT2D eigenvalue weighted by molar-refractivity contribution is 7.88. The van der Waals surface area contributed by atoms with Crippen molar-refractivity contribution in [2.45, 2.75) is 64.3 Å². The van der Waals surface area contributed by atoms with E-state index in [9.17, 15) is 13.2 Å². The maximum Gasteiger partial charge on any atom is 0.351 e. The van der Waals surface area contributed by atoms with Gasteiger partial charge in [-0.3, -0.25) is 15.5 Å². The summed E-state index contributed by atoms with van der Waals surface area (Å²) >= 11 is 0. The Balaban J connectivity index is 2.69. The second-order valence-electron chi connectivity index (χ2n) is 6.28. The summed E-state index contributed by atoms with van der Waals surface area (Å²) in [5.74, 6) is 0.415. The van der Waals surface area contributed by atoms with Crippen molar-refractivity contribution >= 4 is 21.9 Å². The average molecular weight is 348 g/mol. The SMILES string of the molecule is CCCCC1(CCCC)[NH+]=C(N)N(CCCNS(C)(=O)=O)C1=O. The van der Waals surface area contributed by atoms with Crippen LogP contribution in [0, 0.1) is 0 Å². The number of unbranched alkanes of at least 4 members (excludes halogenated alkanes) is 2. The Morgan fingerprint density at radius 3 is 2.22 bits per heavy atom. The molecule has 8 heteroatoms. The van der Waals surface area contributed by atoms with Gasteiger partial charge in [-0.1, -0.05) is 26.7 Å². The van der Waals surface area contributed by atoms with Crippen molar-refractivity contribution in [3.05, 3.63) is 0 Å². The summed E-state index contributed by atoms with van der Waals surface area (Å²) < 4.78 is 24.6. The third kappa shape index (κ3) is 5.76. The second-order valence-corrected chi connectivity index (χ2v) is 8.11. The predicted octanol–water partition coefficient (Wildman–Crippen LogP) is -0.718. The van der Waals surface area contributed by atoms with Gasteiger partial charge in [-0.2, -0.15) is 4.90 Å². The number of amides is 1. The van der Waals surface area contributed by atoms with Crippen LogP contribution in [0.15, 0.2) is 0 Å². The highest BCUT2D eigenvalue weighted by atomic mass is 32.2. The van der Waals surface area contributed by atoms with E-state index >= 15 is 0 Å². The van der Waals surface area contributed by atoms with E-state index in [-0.39, 0.29) is 5.91 Å². The fraction of sp³-hybridized carbons (Fsp3) is 0.867. The van der Waals surface area contributed by atoms with Gasteiger partial charge in [-0.05, 0) is 32.1 Å². The fourth-order valence-corrected chi connectivity index (χ4v) is 3.39. The van der Waals surface area contributed by atoms with Gasteiger partial charge in [0.05, 0.1) is 12.8 Å². The van der Waals surface area contributed by atoms with Crippen molar-refractivity contribution in [2.24, 2.45) is 5.73 Å². The Labute approximate surface area is 139 Å². The van der Waals surface area contributed by atoms with Crippen LogP contribution in [0.1, 0.15) is 58.8 Å². The van der Waals surface area contributed by atoms with Crippen molar-refractivity contribution in [3.63, 3.8) is 0 Å². The minimum atomic E-state index is -3.20. The van der Waals surface area contributed by atoms with Gasteiger partial charge in [0, 0.05) is 6.54 Å². The molecular weight excluding hydrogens is 316 g/mol. The summed E-state index contributed by atoms with van der Waals surface area (Å²) in [5.41, 5.74) is 5.45. The molecule has 1 aliphatic rings. The van der Waals surface area contributed by atoms with Crippen LogP contribution in [0.25, 0.3) is 0 Å². The maximum absolute atomic E-state index is 12.9. The molecule has 0 saturated heterocycles. The van der Waals surface area contributed by atoms with Gasteiger partial charge in [0.1, 0.15) is 0 Å². The molecule has 0 fully saturated rings. The first-order chi connectivity index (χ1) is 10.8. The van der Waals surface area contributed by atoms with Crippen molar-refractivity contribution in [2.75, 3.05) is 19.3 Å². The van der Waals surface area contributed by atoms with Gasteiger partial charge in [0.15, 0.2) is 5.54 Å². The Morgan fingerprint density at radius 2 is 1.74 bits per heavy atom. The molecule has 23 heavy (non-hydrogen) atoms. The molecule has 1 rings (SSSR count). The van der Waals surface area contributed by atoms with Gasteiger partial charge in [0.2, 0.25) is 10.0 Å². The molecular formula is C15H31N4O3S+. The molecule has 7 nitrogen and oxygen atoms in total. The predicted molar refractivity (Wildman–Crippen MR) is 91.1 cm³/mol. The summed E-state index contributed by atoms with van der Waals surface area (Å²) in [6, 6.07) is 0. The smallest absolute Gasteiger partial charge is 0.290 e. The summed E-state index contributed by atoms with van der Waals surface area (Å²) in [5, 5.41) is 0. The molecule has 0 aromatic heterocycles. The molecule has 0 spiro atoms. The highest BCUT2D eigenvalue weighted by Gasteiger charge is 2.50. The number of sulfonamides is 1. The number of guanidine groups is 1. The molecule has 0 unspecified atom stereocenters. The lowest BCUT2D eigenvalue weighted by Gasteiger charge is -2.22. The van der Waals surface area contributed by atoms with Gasteiger partial charge in [-0.15, -0.1) is 0 Å². The van der Waals surface area contributed by atoms with Crippen LogP contribution in [-0.2, 0) is 14.8 Å². The minimum absolute atomic E-state index is 0.0243. The highest BCUT2D eigenvalue weighted by Crippen LogP contribution is 2.22. The Bertz CT molecular complexity index is 523. The Morgan fingerprint density at radius 1 is 1.17 bits per heavy atom. The van der Waals surface area contributed by atoms with Gasteiger partial charge in [0.25, 0.3) is 0 Å². The molecule has 0 radical (unpaired) electrons. The number of rotatable bonds is 11. The van der Waals surface area contributed by atoms with Gasteiger partial charge < -0.3 is 0 Å². The molecule has 0 bridgehead atoms. The van der Waals surface area contributed by atoms with Crippen LogP contribution in [0.2, 0.25) is 0 Å². The van der Waals surface area contributed by atoms with Crippen LogP contribution in [0.4, 0.5) is 0 Å². The molecule has 0 aromatic carbocycles. The van der Waals surface area contributed by atoms with Crippen LogP contribution < -0.4 is 15.4 Å². The molecule has 0 aromatic rings. The van der Waals surface area contributed by atoms with Crippen molar-refractivity contribution in [3.8, 4) is 0 Å². The Hall–Kier alpha value is -1.15. The second kappa shape index (κ2) is 8.63. The number of nitrogens with two attached hydrogens (primary N) is 1. The monoisotopic (exact) mass is 347 g/mol. The van der Waals surface area contributed by atoms with Crippen molar-refractivity contribution < 1.29 is 18.2 Å². The Kier molecular flexibility index (Phi) is 7.47. The number of carbonyl (C=O) groups is 1. The molecule has 134 valence electrons. The van der Waals surface area contributed by atoms with Crippen molar-refractivity contribution in [1.29, 1.82) is 0 Å². The van der Waals surface area contributed by atoms with Crippen LogP contribution >= 0.6 is 0 Å².